The molecular formula is C21H22FN5O3. The quantitative estimate of drug-likeness (QED) is 0.663. The molecule has 1 aromatic carbocycles. The van der Waals surface area contributed by atoms with Crippen molar-refractivity contribution in [2.75, 3.05) is 18.1 Å². The van der Waals surface area contributed by atoms with Crippen molar-refractivity contribution in [1.82, 2.24) is 19.9 Å². The predicted molar refractivity (Wildman–Crippen MR) is 108 cm³/mol. The standard InChI is InChI=1S/C21H22FN5O3/c1-3-15-11-29-18-10-27-19-16(8-24-27)21(28)23-7-12(2)30-17-5-4-14(22)6-13(17)9-26(15)20(18)25-19/h4-6,8,10,12,15H,3,7,9,11H2,1-2H3,(H,23,28)/t12-,15+/m0/s1. The molecule has 1 amide bonds. The van der Waals surface area contributed by atoms with Crippen molar-refractivity contribution in [3.8, 4) is 11.5 Å². The minimum Gasteiger partial charge on any atom is -0.489 e. The lowest BCUT2D eigenvalue weighted by molar-refractivity contribution is 0.0933. The number of carbonyl (C=O) groups excluding carboxylic acids is 1. The van der Waals surface area contributed by atoms with Crippen LogP contribution in [0.25, 0.3) is 5.65 Å². The second kappa shape index (κ2) is 7.16. The summed E-state index contributed by atoms with van der Waals surface area (Å²) in [6.45, 7) is 5.11. The second-order valence-electron chi connectivity index (χ2n) is 7.65. The van der Waals surface area contributed by atoms with Gasteiger partial charge >= 0.3 is 0 Å². The van der Waals surface area contributed by atoms with Crippen LogP contribution in [0.3, 0.4) is 0 Å². The lowest BCUT2D eigenvalue weighted by Crippen LogP contribution is -2.43. The number of aromatic nitrogens is 3. The minimum atomic E-state index is -0.328. The topological polar surface area (TPSA) is 81.0 Å². The van der Waals surface area contributed by atoms with E-state index < -0.39 is 0 Å². The Morgan fingerprint density at radius 2 is 2.20 bits per heavy atom. The summed E-state index contributed by atoms with van der Waals surface area (Å²) in [5, 5.41) is 7.13. The smallest absolute Gasteiger partial charge is 0.256 e. The van der Waals surface area contributed by atoms with Crippen LogP contribution >= 0.6 is 0 Å². The molecule has 0 spiro atoms. The maximum atomic E-state index is 14.1. The van der Waals surface area contributed by atoms with Gasteiger partial charge in [-0.05, 0) is 31.5 Å². The Morgan fingerprint density at radius 1 is 1.33 bits per heavy atom. The van der Waals surface area contributed by atoms with E-state index in [1.807, 2.05) is 6.92 Å². The van der Waals surface area contributed by atoms with Gasteiger partial charge in [0.15, 0.2) is 17.2 Å². The highest BCUT2D eigenvalue weighted by atomic mass is 19.1. The third kappa shape index (κ3) is 3.10. The Kier molecular flexibility index (Phi) is 4.45. The van der Waals surface area contributed by atoms with Crippen LogP contribution in [0.15, 0.2) is 30.6 Å². The van der Waals surface area contributed by atoms with E-state index in [2.05, 4.69) is 22.2 Å². The van der Waals surface area contributed by atoms with E-state index in [1.54, 1.807) is 16.8 Å². The van der Waals surface area contributed by atoms with Gasteiger partial charge in [-0.15, -0.1) is 0 Å². The molecule has 2 aliphatic heterocycles. The molecule has 0 unspecified atom stereocenters. The third-order valence-corrected chi connectivity index (χ3v) is 5.54. The summed E-state index contributed by atoms with van der Waals surface area (Å²) in [6, 6.07) is 4.56. The molecule has 8 nitrogen and oxygen atoms in total. The number of carbonyl (C=O) groups is 1. The van der Waals surface area contributed by atoms with E-state index in [9.17, 15) is 9.18 Å². The summed E-state index contributed by atoms with van der Waals surface area (Å²) in [4.78, 5) is 19.6. The van der Waals surface area contributed by atoms with Crippen LogP contribution in [0.2, 0.25) is 0 Å². The molecule has 5 rings (SSSR count). The van der Waals surface area contributed by atoms with E-state index in [-0.39, 0.29) is 23.9 Å². The molecule has 0 fully saturated rings. The molecule has 0 radical (unpaired) electrons. The molecule has 2 aromatic heterocycles. The summed E-state index contributed by atoms with van der Waals surface area (Å²) >= 11 is 0. The highest BCUT2D eigenvalue weighted by molar-refractivity contribution is 5.99. The van der Waals surface area contributed by atoms with Crippen LogP contribution < -0.4 is 19.7 Å². The van der Waals surface area contributed by atoms with Crippen molar-refractivity contribution in [3.63, 3.8) is 0 Å². The number of anilines is 1. The average molecular weight is 411 g/mol. The van der Waals surface area contributed by atoms with Gasteiger partial charge in [0.05, 0.1) is 25.0 Å². The fraction of sp³-hybridized carbons (Fsp3) is 0.381. The van der Waals surface area contributed by atoms with Crippen molar-refractivity contribution >= 4 is 17.4 Å². The van der Waals surface area contributed by atoms with Crippen molar-refractivity contribution in [2.45, 2.75) is 39.0 Å². The van der Waals surface area contributed by atoms with Crippen LogP contribution in [0.5, 0.6) is 11.5 Å². The van der Waals surface area contributed by atoms with Crippen LogP contribution in [-0.2, 0) is 6.54 Å². The van der Waals surface area contributed by atoms with Gasteiger partial charge in [0.2, 0.25) is 0 Å². The Bertz CT molecular complexity index is 1130. The van der Waals surface area contributed by atoms with Gasteiger partial charge in [-0.1, -0.05) is 6.92 Å². The Morgan fingerprint density at radius 3 is 3.03 bits per heavy atom. The zero-order valence-corrected chi connectivity index (χ0v) is 16.8. The molecule has 4 heterocycles. The van der Waals surface area contributed by atoms with Crippen LogP contribution in [-0.4, -0.2) is 45.8 Å². The molecule has 2 atom stereocenters. The summed E-state index contributed by atoms with van der Waals surface area (Å²) in [5.74, 6) is 1.17. The lowest BCUT2D eigenvalue weighted by atomic mass is 10.1. The number of hydrogen-bond donors (Lipinski definition) is 1. The van der Waals surface area contributed by atoms with Gasteiger partial charge in [0.25, 0.3) is 5.91 Å². The summed E-state index contributed by atoms with van der Waals surface area (Å²) < 4.78 is 27.6. The molecule has 2 bridgehead atoms. The first kappa shape index (κ1) is 18.7. The summed E-state index contributed by atoms with van der Waals surface area (Å²) in [5.41, 5.74) is 1.55. The second-order valence-corrected chi connectivity index (χ2v) is 7.65. The molecule has 2 aliphatic rings. The largest absolute Gasteiger partial charge is 0.489 e. The van der Waals surface area contributed by atoms with Crippen molar-refractivity contribution in [2.24, 2.45) is 0 Å². The van der Waals surface area contributed by atoms with E-state index >= 15 is 0 Å². The predicted octanol–water partition coefficient (Wildman–Crippen LogP) is 2.56. The number of ether oxygens (including phenoxy) is 2. The molecule has 156 valence electrons. The SMILES string of the molecule is CC[C@@H]1COc2cn3ncc4c3nc2N1Cc1cc(F)ccc1O[C@@H](C)CNC4=O. The van der Waals surface area contributed by atoms with Gasteiger partial charge in [-0.25, -0.2) is 13.9 Å². The normalized spacial score (nSPS) is 21.0. The third-order valence-electron chi connectivity index (χ3n) is 5.54. The number of fused-ring (bicyclic) bond motifs is 1. The minimum absolute atomic E-state index is 0.0475. The van der Waals surface area contributed by atoms with Crippen LogP contribution in [0.4, 0.5) is 10.2 Å². The first-order valence-electron chi connectivity index (χ1n) is 10.0. The summed E-state index contributed by atoms with van der Waals surface area (Å²) in [7, 11) is 0. The Balaban J connectivity index is 1.70. The molecule has 0 saturated carbocycles. The van der Waals surface area contributed by atoms with Gasteiger partial charge in [-0.3, -0.25) is 4.79 Å². The Hall–Kier alpha value is -3.36. The number of nitrogens with one attached hydrogen (secondary N) is 1. The van der Waals surface area contributed by atoms with Crippen molar-refractivity contribution < 1.29 is 18.7 Å². The highest BCUT2D eigenvalue weighted by Crippen LogP contribution is 2.36. The van der Waals surface area contributed by atoms with E-state index in [4.69, 9.17) is 14.5 Å². The molecule has 3 aromatic rings. The van der Waals surface area contributed by atoms with E-state index in [0.717, 1.165) is 6.42 Å². The van der Waals surface area contributed by atoms with Crippen LogP contribution in [0.1, 0.15) is 36.2 Å². The lowest BCUT2D eigenvalue weighted by Gasteiger charge is -2.37. The molecule has 0 aliphatic carbocycles. The first-order chi connectivity index (χ1) is 14.5. The molecule has 1 N–H and O–H groups in total. The van der Waals surface area contributed by atoms with Gasteiger partial charge in [0.1, 0.15) is 29.8 Å². The van der Waals surface area contributed by atoms with Gasteiger partial charge in [-0.2, -0.15) is 5.10 Å². The molecule has 0 saturated heterocycles. The Labute approximate surface area is 172 Å². The number of amides is 1. The van der Waals surface area contributed by atoms with Crippen molar-refractivity contribution in [3.05, 3.63) is 47.5 Å². The molecule has 30 heavy (non-hydrogen) atoms. The molecule has 9 heteroatoms. The van der Waals surface area contributed by atoms with E-state index in [0.29, 0.717) is 53.8 Å². The number of hydrogen-bond acceptors (Lipinski definition) is 6. The highest BCUT2D eigenvalue weighted by Gasteiger charge is 2.31. The number of nitrogens with zero attached hydrogens (tertiary/aromatic N) is 4. The fourth-order valence-corrected chi connectivity index (χ4v) is 3.90. The number of rotatable bonds is 1. The first-order valence-corrected chi connectivity index (χ1v) is 10.0. The monoisotopic (exact) mass is 411 g/mol. The number of benzene rings is 1. The zero-order chi connectivity index (χ0) is 20.8. The maximum Gasteiger partial charge on any atom is 0.256 e. The fourth-order valence-electron chi connectivity index (χ4n) is 3.90. The zero-order valence-electron chi connectivity index (χ0n) is 16.8. The van der Waals surface area contributed by atoms with Gasteiger partial charge < -0.3 is 19.7 Å². The van der Waals surface area contributed by atoms with Gasteiger partial charge in [0, 0.05) is 12.1 Å². The van der Waals surface area contributed by atoms with E-state index in [1.165, 1.54) is 18.3 Å². The molecular weight excluding hydrogens is 389 g/mol. The van der Waals surface area contributed by atoms with Crippen LogP contribution in [0, 0.1) is 5.82 Å². The van der Waals surface area contributed by atoms with Crippen molar-refractivity contribution in [1.29, 1.82) is 0 Å². The average Bonchev–Trinajstić information content (AvgIpc) is 3.15. The maximum absolute atomic E-state index is 14.1. The number of halogens is 1. The summed E-state index contributed by atoms with van der Waals surface area (Å²) in [6.07, 6.45) is 3.75.